The molecule has 0 unspecified atom stereocenters. The third-order valence-corrected chi connectivity index (χ3v) is 3.64. The number of nitrogens with zero attached hydrogens (tertiary/aromatic N) is 4. The van der Waals surface area contributed by atoms with Crippen LogP contribution in [0.5, 0.6) is 0 Å². The maximum Gasteiger partial charge on any atom is 0.216 e. The number of halogens is 1. The van der Waals surface area contributed by atoms with Crippen molar-refractivity contribution < 1.29 is 4.42 Å². The number of aromatic nitrogens is 4. The average Bonchev–Trinajstić information content (AvgIpc) is 3.31. The van der Waals surface area contributed by atoms with Gasteiger partial charge in [-0.15, -0.1) is 5.10 Å². The summed E-state index contributed by atoms with van der Waals surface area (Å²) in [5.41, 5.74) is 1.10. The monoisotopic (exact) mass is 359 g/mol. The summed E-state index contributed by atoms with van der Waals surface area (Å²) in [4.78, 5) is 12.6. The van der Waals surface area contributed by atoms with Crippen molar-refractivity contribution in [1.82, 2.24) is 30.8 Å². The lowest BCUT2D eigenvalue weighted by molar-refractivity contribution is 0.577. The molecule has 0 radical (unpaired) electrons. The Morgan fingerprint density at radius 1 is 1.32 bits per heavy atom. The van der Waals surface area contributed by atoms with Crippen molar-refractivity contribution in [3.8, 4) is 11.6 Å². The second-order valence-corrected chi connectivity index (χ2v) is 5.56. The summed E-state index contributed by atoms with van der Waals surface area (Å²) >= 11 is 5.78. The molecule has 0 bridgehead atoms. The van der Waals surface area contributed by atoms with Crippen LogP contribution in [0.15, 0.2) is 46.1 Å². The van der Waals surface area contributed by atoms with E-state index in [2.05, 4.69) is 35.8 Å². The summed E-state index contributed by atoms with van der Waals surface area (Å²) in [7, 11) is 1.72. The first-order valence-electron chi connectivity index (χ1n) is 7.74. The number of rotatable bonds is 6. The molecule has 9 heteroatoms. The van der Waals surface area contributed by atoms with E-state index in [0.29, 0.717) is 35.1 Å². The van der Waals surface area contributed by atoms with E-state index < -0.39 is 0 Å². The quantitative estimate of drug-likeness (QED) is 0.353. The molecule has 3 aromatic rings. The first-order chi connectivity index (χ1) is 12.2. The Hall–Kier alpha value is -2.87. The van der Waals surface area contributed by atoms with Gasteiger partial charge in [-0.3, -0.25) is 10.1 Å². The first kappa shape index (κ1) is 17.0. The van der Waals surface area contributed by atoms with E-state index in [-0.39, 0.29) is 0 Å². The number of hydrogen-bond acceptors (Lipinski definition) is 5. The molecule has 0 saturated heterocycles. The van der Waals surface area contributed by atoms with Gasteiger partial charge >= 0.3 is 0 Å². The number of aliphatic imine (C=N–C) groups is 1. The Bertz CT molecular complexity index is 811. The Labute approximate surface area is 149 Å². The van der Waals surface area contributed by atoms with Crippen LogP contribution in [0.4, 0.5) is 0 Å². The van der Waals surface area contributed by atoms with Gasteiger partial charge in [-0.25, -0.2) is 9.97 Å². The Balaban J connectivity index is 1.45. The molecule has 0 amide bonds. The number of H-pyrrole nitrogens is 1. The molecule has 3 N–H and O–H groups in total. The van der Waals surface area contributed by atoms with Gasteiger partial charge in [0, 0.05) is 19.8 Å². The van der Waals surface area contributed by atoms with E-state index in [0.717, 1.165) is 18.5 Å². The standard InChI is InChI=1S/C16H18ClN7O/c1-18-16(19-7-6-11-4-5-13(17)20-9-11)21-10-14-22-15(24-23-14)12-3-2-8-25-12/h2-5,8-9H,6-7,10H2,1H3,(H2,18,19,21)(H,22,23,24). The Kier molecular flexibility index (Phi) is 5.63. The molecule has 3 heterocycles. The van der Waals surface area contributed by atoms with Crippen LogP contribution in [0.25, 0.3) is 11.6 Å². The van der Waals surface area contributed by atoms with Gasteiger partial charge in [0.05, 0.1) is 12.8 Å². The molecule has 0 spiro atoms. The van der Waals surface area contributed by atoms with Crippen molar-refractivity contribution in [1.29, 1.82) is 0 Å². The largest absolute Gasteiger partial charge is 0.461 e. The van der Waals surface area contributed by atoms with E-state index in [1.54, 1.807) is 31.6 Å². The minimum Gasteiger partial charge on any atom is -0.461 e. The maximum atomic E-state index is 5.78. The van der Waals surface area contributed by atoms with E-state index in [4.69, 9.17) is 16.0 Å². The van der Waals surface area contributed by atoms with Crippen LogP contribution in [0.2, 0.25) is 5.15 Å². The zero-order valence-electron chi connectivity index (χ0n) is 13.7. The molecule has 130 valence electrons. The zero-order chi connectivity index (χ0) is 17.5. The van der Waals surface area contributed by atoms with Gasteiger partial charge in [-0.1, -0.05) is 17.7 Å². The van der Waals surface area contributed by atoms with Crippen molar-refractivity contribution in [3.63, 3.8) is 0 Å². The summed E-state index contributed by atoms with van der Waals surface area (Å²) in [6.45, 7) is 1.19. The molecule has 3 aromatic heterocycles. The van der Waals surface area contributed by atoms with Crippen LogP contribution in [0.3, 0.4) is 0 Å². The number of nitrogens with one attached hydrogen (secondary N) is 3. The van der Waals surface area contributed by atoms with Crippen molar-refractivity contribution in [2.24, 2.45) is 4.99 Å². The third-order valence-electron chi connectivity index (χ3n) is 3.41. The van der Waals surface area contributed by atoms with Crippen molar-refractivity contribution in [2.75, 3.05) is 13.6 Å². The van der Waals surface area contributed by atoms with Gasteiger partial charge < -0.3 is 15.1 Å². The zero-order valence-corrected chi connectivity index (χ0v) is 14.4. The van der Waals surface area contributed by atoms with Crippen LogP contribution in [0, 0.1) is 0 Å². The number of guanidine groups is 1. The van der Waals surface area contributed by atoms with Crippen molar-refractivity contribution in [3.05, 3.63) is 53.3 Å². The first-order valence-corrected chi connectivity index (χ1v) is 8.12. The van der Waals surface area contributed by atoms with Gasteiger partial charge in [0.25, 0.3) is 0 Å². The topological polar surface area (TPSA) is 104 Å². The highest BCUT2D eigenvalue weighted by atomic mass is 35.5. The minimum absolute atomic E-state index is 0.468. The van der Waals surface area contributed by atoms with E-state index in [1.807, 2.05) is 12.1 Å². The minimum atomic E-state index is 0.468. The molecule has 0 aromatic carbocycles. The molecule has 0 saturated carbocycles. The van der Waals surface area contributed by atoms with Crippen LogP contribution in [0.1, 0.15) is 11.4 Å². The van der Waals surface area contributed by atoms with Gasteiger partial charge in [0.2, 0.25) is 5.82 Å². The predicted molar refractivity (Wildman–Crippen MR) is 95.2 cm³/mol. The van der Waals surface area contributed by atoms with Gasteiger partial charge in [0.15, 0.2) is 11.7 Å². The van der Waals surface area contributed by atoms with Crippen LogP contribution >= 0.6 is 11.6 Å². The lowest BCUT2D eigenvalue weighted by Crippen LogP contribution is -2.38. The summed E-state index contributed by atoms with van der Waals surface area (Å²) in [5.74, 6) is 2.52. The molecule has 0 aliphatic carbocycles. The fraction of sp³-hybridized carbons (Fsp3) is 0.250. The van der Waals surface area contributed by atoms with Gasteiger partial charge in [0.1, 0.15) is 11.0 Å². The SMILES string of the molecule is CN=C(NCCc1ccc(Cl)nc1)NCc1nc(-c2ccco2)n[nH]1. The fourth-order valence-corrected chi connectivity index (χ4v) is 2.27. The lowest BCUT2D eigenvalue weighted by atomic mass is 10.2. The second kappa shape index (κ2) is 8.29. The van der Waals surface area contributed by atoms with Gasteiger partial charge in [-0.05, 0) is 30.2 Å². The number of aromatic amines is 1. The molecule has 0 aliphatic heterocycles. The summed E-state index contributed by atoms with van der Waals surface area (Å²) in [6.07, 6.45) is 4.17. The van der Waals surface area contributed by atoms with E-state index >= 15 is 0 Å². The predicted octanol–water partition coefficient (Wildman–Crippen LogP) is 2.02. The summed E-state index contributed by atoms with van der Waals surface area (Å²) in [5, 5.41) is 13.9. The molecule has 0 atom stereocenters. The number of hydrogen-bond donors (Lipinski definition) is 3. The fourth-order valence-electron chi connectivity index (χ4n) is 2.16. The van der Waals surface area contributed by atoms with E-state index in [9.17, 15) is 0 Å². The molecule has 0 aliphatic rings. The Morgan fingerprint density at radius 3 is 2.96 bits per heavy atom. The van der Waals surface area contributed by atoms with Crippen molar-refractivity contribution in [2.45, 2.75) is 13.0 Å². The number of furan rings is 1. The molecule has 25 heavy (non-hydrogen) atoms. The van der Waals surface area contributed by atoms with Crippen LogP contribution in [-0.2, 0) is 13.0 Å². The number of pyridine rings is 1. The average molecular weight is 360 g/mol. The molecule has 3 rings (SSSR count). The van der Waals surface area contributed by atoms with E-state index in [1.165, 1.54) is 0 Å². The summed E-state index contributed by atoms with van der Waals surface area (Å²) in [6, 6.07) is 7.35. The highest BCUT2D eigenvalue weighted by Gasteiger charge is 2.08. The van der Waals surface area contributed by atoms with Gasteiger partial charge in [-0.2, -0.15) is 0 Å². The normalized spacial score (nSPS) is 11.5. The maximum absolute atomic E-state index is 5.78. The van der Waals surface area contributed by atoms with Crippen LogP contribution in [-0.4, -0.2) is 39.7 Å². The molecular formula is C16H18ClN7O. The lowest BCUT2D eigenvalue weighted by Gasteiger charge is -2.10. The molecule has 0 fully saturated rings. The molecule has 8 nitrogen and oxygen atoms in total. The highest BCUT2D eigenvalue weighted by Crippen LogP contribution is 2.14. The van der Waals surface area contributed by atoms with Crippen molar-refractivity contribution >= 4 is 17.6 Å². The summed E-state index contributed by atoms with van der Waals surface area (Å²) < 4.78 is 5.27. The third kappa shape index (κ3) is 4.80. The van der Waals surface area contributed by atoms with Crippen LogP contribution < -0.4 is 10.6 Å². The second-order valence-electron chi connectivity index (χ2n) is 5.17. The highest BCUT2D eigenvalue weighted by molar-refractivity contribution is 6.29. The molecular weight excluding hydrogens is 342 g/mol. The Morgan fingerprint density at radius 2 is 2.24 bits per heavy atom. The smallest absolute Gasteiger partial charge is 0.216 e.